The molecule has 1 heterocycles. The fraction of sp³-hybridized carbons (Fsp3) is 0.588. The van der Waals surface area contributed by atoms with Gasteiger partial charge in [0.2, 0.25) is 10.0 Å². The molecule has 0 spiro atoms. The normalized spacial score (nSPS) is 15.6. The number of urea groups is 1. The molecule has 2 rings (SSSR count). The van der Waals surface area contributed by atoms with E-state index in [0.29, 0.717) is 12.1 Å². The first kappa shape index (κ1) is 22.1. The molecule has 0 aliphatic carbocycles. The highest BCUT2D eigenvalue weighted by molar-refractivity contribution is 7.89. The molecule has 1 N–H and O–H groups in total. The first-order chi connectivity index (χ1) is 13.1. The second-order valence-corrected chi connectivity index (χ2v) is 8.89. The summed E-state index contributed by atoms with van der Waals surface area (Å²) in [6.07, 6.45) is 0.832. The number of amides is 2. The monoisotopic (exact) mass is 413 g/mol. The Kier molecular flexibility index (Phi) is 7.33. The molecule has 11 heteroatoms. The third-order valence-corrected chi connectivity index (χ3v) is 6.63. The number of nitro benzene ring substituents is 1. The van der Waals surface area contributed by atoms with Gasteiger partial charge in [-0.1, -0.05) is 6.07 Å². The van der Waals surface area contributed by atoms with Crippen LogP contribution in [-0.2, 0) is 10.0 Å². The summed E-state index contributed by atoms with van der Waals surface area (Å²) in [6, 6.07) is 3.60. The first-order valence-corrected chi connectivity index (χ1v) is 10.5. The van der Waals surface area contributed by atoms with Crippen LogP contribution in [0, 0.1) is 17.0 Å². The summed E-state index contributed by atoms with van der Waals surface area (Å²) in [7, 11) is 0.0624. The number of non-ortho nitro benzene ring substituents is 1. The van der Waals surface area contributed by atoms with Gasteiger partial charge in [0.1, 0.15) is 0 Å². The van der Waals surface area contributed by atoms with Gasteiger partial charge in [-0.3, -0.25) is 10.1 Å². The number of rotatable bonds is 7. The molecule has 28 heavy (non-hydrogen) atoms. The Morgan fingerprint density at radius 3 is 2.46 bits per heavy atom. The van der Waals surface area contributed by atoms with Crippen LogP contribution in [0.2, 0.25) is 0 Å². The number of aryl methyl sites for hydroxylation is 1. The number of piperazine rings is 1. The van der Waals surface area contributed by atoms with E-state index in [1.165, 1.54) is 16.4 Å². The highest BCUT2D eigenvalue weighted by Crippen LogP contribution is 2.25. The number of carbonyl (C=O) groups excluding carboxylic acids is 1. The molecule has 1 aliphatic rings. The summed E-state index contributed by atoms with van der Waals surface area (Å²) in [5.74, 6) is 0. The molecule has 2 amide bonds. The van der Waals surface area contributed by atoms with Crippen molar-refractivity contribution in [2.75, 3.05) is 53.4 Å². The van der Waals surface area contributed by atoms with E-state index in [2.05, 4.69) is 5.32 Å². The van der Waals surface area contributed by atoms with E-state index in [1.54, 1.807) is 11.8 Å². The molecule has 0 saturated carbocycles. The molecular weight excluding hydrogens is 386 g/mol. The molecule has 156 valence electrons. The maximum absolute atomic E-state index is 12.9. The van der Waals surface area contributed by atoms with Crippen LogP contribution in [-0.4, -0.2) is 86.8 Å². The standard InChI is InChI=1S/C17H27N5O5S/c1-14-5-6-15(22(24)25)13-16(14)28(26,27)21-11-9-20(10-12-21)17(23)18-7-4-8-19(2)3/h5-6,13H,4,7-12H2,1-3H3,(H,18,23). The molecule has 10 nitrogen and oxygen atoms in total. The number of nitrogens with zero attached hydrogens (tertiary/aromatic N) is 4. The van der Waals surface area contributed by atoms with Crippen LogP contribution >= 0.6 is 0 Å². The van der Waals surface area contributed by atoms with E-state index < -0.39 is 14.9 Å². The van der Waals surface area contributed by atoms with Crippen molar-refractivity contribution in [3.8, 4) is 0 Å². The number of hydrogen-bond acceptors (Lipinski definition) is 6. The van der Waals surface area contributed by atoms with Crippen molar-refractivity contribution in [3.05, 3.63) is 33.9 Å². The Morgan fingerprint density at radius 2 is 1.89 bits per heavy atom. The Balaban J connectivity index is 1.98. The lowest BCUT2D eigenvalue weighted by Gasteiger charge is -2.34. The Morgan fingerprint density at radius 1 is 1.25 bits per heavy atom. The van der Waals surface area contributed by atoms with E-state index in [1.807, 2.05) is 19.0 Å². The van der Waals surface area contributed by atoms with Crippen molar-refractivity contribution < 1.29 is 18.1 Å². The van der Waals surface area contributed by atoms with Crippen molar-refractivity contribution in [1.82, 2.24) is 19.4 Å². The molecule has 1 aromatic rings. The van der Waals surface area contributed by atoms with Crippen molar-refractivity contribution in [2.45, 2.75) is 18.2 Å². The minimum atomic E-state index is -3.86. The molecule has 1 aliphatic heterocycles. The SMILES string of the molecule is Cc1ccc([N+](=O)[O-])cc1S(=O)(=O)N1CCN(C(=O)NCCCN(C)C)CC1. The molecule has 0 bridgehead atoms. The quantitative estimate of drug-likeness (QED) is 0.403. The summed E-state index contributed by atoms with van der Waals surface area (Å²) in [5, 5.41) is 13.8. The zero-order valence-corrected chi connectivity index (χ0v) is 17.2. The van der Waals surface area contributed by atoms with Gasteiger partial charge in [-0.05, 0) is 39.5 Å². The summed E-state index contributed by atoms with van der Waals surface area (Å²) in [6.45, 7) is 3.87. The number of benzene rings is 1. The Bertz CT molecular complexity index is 819. The molecule has 0 radical (unpaired) electrons. The van der Waals surface area contributed by atoms with Gasteiger partial charge in [-0.15, -0.1) is 0 Å². The van der Waals surface area contributed by atoms with Crippen LogP contribution in [0.25, 0.3) is 0 Å². The van der Waals surface area contributed by atoms with Gasteiger partial charge in [-0.25, -0.2) is 13.2 Å². The van der Waals surface area contributed by atoms with Crippen LogP contribution in [0.4, 0.5) is 10.5 Å². The molecular formula is C17H27N5O5S. The third kappa shape index (κ3) is 5.40. The average Bonchev–Trinajstić information content (AvgIpc) is 2.65. The predicted octanol–water partition coefficient (Wildman–Crippen LogP) is 0.871. The van der Waals surface area contributed by atoms with E-state index in [9.17, 15) is 23.3 Å². The van der Waals surface area contributed by atoms with Crippen LogP contribution in [0.15, 0.2) is 23.1 Å². The van der Waals surface area contributed by atoms with Gasteiger partial charge in [0.15, 0.2) is 0 Å². The minimum Gasteiger partial charge on any atom is -0.338 e. The van der Waals surface area contributed by atoms with E-state index in [-0.39, 0.29) is 42.8 Å². The van der Waals surface area contributed by atoms with Crippen molar-refractivity contribution in [3.63, 3.8) is 0 Å². The van der Waals surface area contributed by atoms with Gasteiger partial charge < -0.3 is 15.1 Å². The summed E-state index contributed by atoms with van der Waals surface area (Å²) >= 11 is 0. The maximum atomic E-state index is 12.9. The van der Waals surface area contributed by atoms with Gasteiger partial charge in [0, 0.05) is 44.9 Å². The Labute approximate surface area is 165 Å². The third-order valence-electron chi connectivity index (χ3n) is 4.58. The summed E-state index contributed by atoms with van der Waals surface area (Å²) in [5.41, 5.74) is 0.187. The van der Waals surface area contributed by atoms with Crippen molar-refractivity contribution >= 4 is 21.7 Å². The lowest BCUT2D eigenvalue weighted by atomic mass is 10.2. The number of sulfonamides is 1. The molecule has 0 atom stereocenters. The molecule has 1 aromatic carbocycles. The number of nitrogens with one attached hydrogen (secondary N) is 1. The first-order valence-electron chi connectivity index (χ1n) is 9.05. The van der Waals surface area contributed by atoms with Crippen LogP contribution in [0.3, 0.4) is 0 Å². The van der Waals surface area contributed by atoms with Crippen LogP contribution in [0.5, 0.6) is 0 Å². The molecule has 1 saturated heterocycles. The van der Waals surface area contributed by atoms with E-state index >= 15 is 0 Å². The second-order valence-electron chi connectivity index (χ2n) is 6.99. The van der Waals surface area contributed by atoms with Crippen LogP contribution < -0.4 is 5.32 Å². The van der Waals surface area contributed by atoms with E-state index in [4.69, 9.17) is 0 Å². The summed E-state index contributed by atoms with van der Waals surface area (Å²) < 4.78 is 27.1. The van der Waals surface area contributed by atoms with Crippen molar-refractivity contribution in [1.29, 1.82) is 0 Å². The van der Waals surface area contributed by atoms with Gasteiger partial charge in [0.05, 0.1) is 9.82 Å². The summed E-state index contributed by atoms with van der Waals surface area (Å²) in [4.78, 5) is 26.1. The average molecular weight is 414 g/mol. The van der Waals surface area contributed by atoms with Gasteiger partial charge in [-0.2, -0.15) is 4.31 Å². The number of nitro groups is 1. The fourth-order valence-electron chi connectivity index (χ4n) is 2.95. The van der Waals surface area contributed by atoms with Gasteiger partial charge in [0.25, 0.3) is 5.69 Å². The topological polar surface area (TPSA) is 116 Å². The largest absolute Gasteiger partial charge is 0.338 e. The van der Waals surface area contributed by atoms with Crippen molar-refractivity contribution in [2.24, 2.45) is 0 Å². The second kappa shape index (κ2) is 9.30. The van der Waals surface area contributed by atoms with Gasteiger partial charge >= 0.3 is 6.03 Å². The maximum Gasteiger partial charge on any atom is 0.317 e. The van der Waals surface area contributed by atoms with Crippen LogP contribution in [0.1, 0.15) is 12.0 Å². The lowest BCUT2D eigenvalue weighted by molar-refractivity contribution is -0.385. The highest BCUT2D eigenvalue weighted by Gasteiger charge is 2.32. The zero-order chi connectivity index (χ0) is 20.9. The minimum absolute atomic E-state index is 0.0664. The van der Waals surface area contributed by atoms with E-state index in [0.717, 1.165) is 19.0 Å². The fourth-order valence-corrected chi connectivity index (χ4v) is 4.62. The Hall–Kier alpha value is -2.24. The lowest BCUT2D eigenvalue weighted by Crippen LogP contribution is -2.53. The number of hydrogen-bond donors (Lipinski definition) is 1. The zero-order valence-electron chi connectivity index (χ0n) is 16.4. The number of carbonyl (C=O) groups is 1. The molecule has 0 aromatic heterocycles. The predicted molar refractivity (Wildman–Crippen MR) is 105 cm³/mol. The molecule has 0 unspecified atom stereocenters. The smallest absolute Gasteiger partial charge is 0.317 e. The highest BCUT2D eigenvalue weighted by atomic mass is 32.2. The molecule has 1 fully saturated rings.